The van der Waals surface area contributed by atoms with E-state index in [0.717, 1.165) is 5.69 Å². The Labute approximate surface area is 92.9 Å². The van der Waals surface area contributed by atoms with E-state index in [1.165, 1.54) is 0 Å². The molecule has 1 heterocycles. The quantitative estimate of drug-likeness (QED) is 0.759. The lowest BCUT2D eigenvalue weighted by Crippen LogP contribution is -1.99. The number of nitrogens with zero attached hydrogens (tertiary/aromatic N) is 4. The van der Waals surface area contributed by atoms with Crippen molar-refractivity contribution in [2.24, 2.45) is 0 Å². The molecule has 0 bridgehead atoms. The molecule has 0 spiro atoms. The predicted molar refractivity (Wildman–Crippen MR) is 57.4 cm³/mol. The first-order valence-corrected chi connectivity index (χ1v) is 4.71. The van der Waals surface area contributed by atoms with Crippen LogP contribution in [0, 0.1) is 18.3 Å². The summed E-state index contributed by atoms with van der Waals surface area (Å²) in [6.45, 7) is 1.81. The Balaban J connectivity index is 2.53. The first kappa shape index (κ1) is 10.2. The lowest BCUT2D eigenvalue weighted by Gasteiger charge is -2.07. The van der Waals surface area contributed by atoms with E-state index in [-0.39, 0.29) is 0 Å². The van der Waals surface area contributed by atoms with Crippen molar-refractivity contribution in [3.8, 4) is 17.5 Å². The van der Waals surface area contributed by atoms with Gasteiger partial charge in [0.2, 0.25) is 0 Å². The summed E-state index contributed by atoms with van der Waals surface area (Å²) in [5.74, 6) is 1.29. The topological polar surface area (TPSA) is 63.7 Å². The van der Waals surface area contributed by atoms with Crippen molar-refractivity contribution in [3.63, 3.8) is 0 Å². The number of methoxy groups -OCH3 is 1. The van der Waals surface area contributed by atoms with Gasteiger partial charge in [0.15, 0.2) is 0 Å². The third-order valence-electron chi connectivity index (χ3n) is 2.16. The molecule has 80 valence electrons. The van der Waals surface area contributed by atoms with Crippen LogP contribution in [0.3, 0.4) is 0 Å². The van der Waals surface area contributed by atoms with Crippen LogP contribution < -0.4 is 4.74 Å². The molecule has 5 nitrogen and oxygen atoms in total. The molecule has 0 atom stereocenters. The van der Waals surface area contributed by atoms with E-state index in [9.17, 15) is 0 Å². The third kappa shape index (κ3) is 1.73. The van der Waals surface area contributed by atoms with Crippen LogP contribution in [-0.4, -0.2) is 21.9 Å². The Morgan fingerprint density at radius 2 is 2.25 bits per heavy atom. The largest absolute Gasteiger partial charge is 0.494 e. The highest BCUT2D eigenvalue weighted by Crippen LogP contribution is 2.23. The van der Waals surface area contributed by atoms with Gasteiger partial charge in [0.1, 0.15) is 23.6 Å². The van der Waals surface area contributed by atoms with Crippen LogP contribution in [0.5, 0.6) is 5.75 Å². The lowest BCUT2D eigenvalue weighted by atomic mass is 10.2. The average Bonchev–Trinajstić information content (AvgIpc) is 2.74. The molecule has 2 rings (SSSR count). The molecular weight excluding hydrogens is 204 g/mol. The first-order chi connectivity index (χ1) is 7.74. The van der Waals surface area contributed by atoms with E-state index < -0.39 is 0 Å². The Bertz CT molecular complexity index is 553. The van der Waals surface area contributed by atoms with E-state index in [1.54, 1.807) is 36.3 Å². The van der Waals surface area contributed by atoms with Crippen molar-refractivity contribution in [3.05, 3.63) is 35.9 Å². The maximum absolute atomic E-state index is 8.78. The minimum absolute atomic E-state index is 0.553. The summed E-state index contributed by atoms with van der Waals surface area (Å²) in [5.41, 5.74) is 1.32. The lowest BCUT2D eigenvalue weighted by molar-refractivity contribution is 0.411. The SMILES string of the molecule is COc1cc(C#N)ccc1-n1cnc(C)n1. The van der Waals surface area contributed by atoms with E-state index in [2.05, 4.69) is 16.2 Å². The van der Waals surface area contributed by atoms with Gasteiger partial charge in [-0.3, -0.25) is 0 Å². The van der Waals surface area contributed by atoms with Gasteiger partial charge in [-0.25, -0.2) is 9.67 Å². The van der Waals surface area contributed by atoms with Crippen molar-refractivity contribution in [2.45, 2.75) is 6.92 Å². The first-order valence-electron chi connectivity index (χ1n) is 4.71. The maximum atomic E-state index is 8.78. The summed E-state index contributed by atoms with van der Waals surface area (Å²) in [4.78, 5) is 4.04. The fraction of sp³-hybridized carbons (Fsp3) is 0.182. The predicted octanol–water partition coefficient (Wildman–Crippen LogP) is 1.46. The minimum atomic E-state index is 0.553. The van der Waals surface area contributed by atoms with E-state index in [1.807, 2.05) is 6.92 Å². The molecule has 0 aliphatic rings. The molecule has 0 saturated heterocycles. The molecule has 1 aromatic heterocycles. The molecule has 0 aliphatic carbocycles. The van der Waals surface area contributed by atoms with Crippen molar-refractivity contribution in [2.75, 3.05) is 7.11 Å². The molecule has 0 aliphatic heterocycles. The summed E-state index contributed by atoms with van der Waals surface area (Å²) < 4.78 is 6.83. The highest BCUT2D eigenvalue weighted by Gasteiger charge is 2.07. The van der Waals surface area contributed by atoms with Crippen LogP contribution in [0.2, 0.25) is 0 Å². The van der Waals surface area contributed by atoms with Gasteiger partial charge in [-0.2, -0.15) is 10.4 Å². The molecule has 2 aromatic rings. The Morgan fingerprint density at radius 1 is 1.44 bits per heavy atom. The van der Waals surface area contributed by atoms with E-state index in [4.69, 9.17) is 10.00 Å². The molecule has 1 aromatic carbocycles. The third-order valence-corrected chi connectivity index (χ3v) is 2.16. The number of ether oxygens (including phenoxy) is 1. The van der Waals surface area contributed by atoms with Crippen LogP contribution in [-0.2, 0) is 0 Å². The zero-order chi connectivity index (χ0) is 11.5. The summed E-state index contributed by atoms with van der Waals surface area (Å²) in [5, 5.41) is 13.0. The molecule has 0 unspecified atom stereocenters. The van der Waals surface area contributed by atoms with Gasteiger partial charge in [0.05, 0.1) is 18.7 Å². The second kappa shape index (κ2) is 4.03. The normalized spacial score (nSPS) is 9.81. The Hall–Kier alpha value is -2.35. The minimum Gasteiger partial charge on any atom is -0.494 e. The van der Waals surface area contributed by atoms with Gasteiger partial charge in [-0.15, -0.1) is 0 Å². The molecule has 0 saturated carbocycles. The molecule has 0 N–H and O–H groups in total. The second-order valence-corrected chi connectivity index (χ2v) is 3.23. The standard InChI is InChI=1S/C11H10N4O/c1-8-13-7-15(14-8)10-4-3-9(6-12)5-11(10)16-2/h3-5,7H,1-2H3. The van der Waals surface area contributed by atoms with E-state index in [0.29, 0.717) is 17.1 Å². The number of aryl methyl sites for hydroxylation is 1. The van der Waals surface area contributed by atoms with Crippen LogP contribution in [0.1, 0.15) is 11.4 Å². The molecule has 5 heteroatoms. The Morgan fingerprint density at radius 3 is 2.81 bits per heavy atom. The summed E-state index contributed by atoms with van der Waals surface area (Å²) in [7, 11) is 1.56. The van der Waals surface area contributed by atoms with Gasteiger partial charge in [-0.1, -0.05) is 0 Å². The molecule has 0 amide bonds. The summed E-state index contributed by atoms with van der Waals surface area (Å²) >= 11 is 0. The van der Waals surface area contributed by atoms with Crippen LogP contribution in [0.25, 0.3) is 5.69 Å². The molecule has 0 radical (unpaired) electrons. The van der Waals surface area contributed by atoms with E-state index >= 15 is 0 Å². The van der Waals surface area contributed by atoms with Crippen LogP contribution >= 0.6 is 0 Å². The van der Waals surface area contributed by atoms with Gasteiger partial charge >= 0.3 is 0 Å². The zero-order valence-electron chi connectivity index (χ0n) is 9.01. The highest BCUT2D eigenvalue weighted by atomic mass is 16.5. The van der Waals surface area contributed by atoms with Crippen molar-refractivity contribution < 1.29 is 4.74 Å². The smallest absolute Gasteiger partial charge is 0.147 e. The number of hydrogen-bond donors (Lipinski definition) is 0. The number of aromatic nitrogens is 3. The van der Waals surface area contributed by atoms with Gasteiger partial charge in [0.25, 0.3) is 0 Å². The number of hydrogen-bond acceptors (Lipinski definition) is 4. The van der Waals surface area contributed by atoms with Crippen molar-refractivity contribution in [1.82, 2.24) is 14.8 Å². The fourth-order valence-electron chi connectivity index (χ4n) is 1.40. The highest BCUT2D eigenvalue weighted by molar-refractivity contribution is 5.50. The number of rotatable bonds is 2. The second-order valence-electron chi connectivity index (χ2n) is 3.23. The van der Waals surface area contributed by atoms with Crippen molar-refractivity contribution in [1.29, 1.82) is 5.26 Å². The molecular formula is C11H10N4O. The van der Waals surface area contributed by atoms with Gasteiger partial charge < -0.3 is 4.74 Å². The van der Waals surface area contributed by atoms with Crippen LogP contribution in [0.4, 0.5) is 0 Å². The molecule has 16 heavy (non-hydrogen) atoms. The average molecular weight is 214 g/mol. The Kier molecular flexibility index (Phi) is 2.56. The molecule has 0 fully saturated rings. The van der Waals surface area contributed by atoms with Gasteiger partial charge in [0, 0.05) is 6.07 Å². The summed E-state index contributed by atoms with van der Waals surface area (Å²) in [6, 6.07) is 7.23. The van der Waals surface area contributed by atoms with Gasteiger partial charge in [-0.05, 0) is 19.1 Å². The fourth-order valence-corrected chi connectivity index (χ4v) is 1.40. The maximum Gasteiger partial charge on any atom is 0.147 e. The summed E-state index contributed by atoms with van der Waals surface area (Å²) in [6.07, 6.45) is 1.61. The zero-order valence-corrected chi connectivity index (χ0v) is 9.01. The van der Waals surface area contributed by atoms with Crippen LogP contribution in [0.15, 0.2) is 24.5 Å². The van der Waals surface area contributed by atoms with Crippen molar-refractivity contribution >= 4 is 0 Å². The number of benzene rings is 1. The monoisotopic (exact) mass is 214 g/mol. The number of nitriles is 1.